The van der Waals surface area contributed by atoms with E-state index in [9.17, 15) is 0 Å². The number of hydrogen-bond acceptors (Lipinski definition) is 2. The van der Waals surface area contributed by atoms with Gasteiger partial charge < -0.3 is 11.2 Å². The van der Waals surface area contributed by atoms with Gasteiger partial charge in [0.05, 0.1) is 0 Å². The van der Waals surface area contributed by atoms with Crippen molar-refractivity contribution in [3.05, 3.63) is 35.9 Å². The number of amidine groups is 1. The van der Waals surface area contributed by atoms with E-state index >= 15 is 0 Å². The van der Waals surface area contributed by atoms with Crippen LogP contribution in [0.25, 0.3) is 0 Å². The van der Waals surface area contributed by atoms with Crippen LogP contribution in [-0.2, 0) is 0 Å². The van der Waals surface area contributed by atoms with E-state index < -0.39 is 0 Å². The van der Waals surface area contributed by atoms with Crippen molar-refractivity contribution in [2.45, 2.75) is 0 Å². The zero-order chi connectivity index (χ0) is 8.10. The molecule has 0 unspecified atom stereocenters. The fourth-order valence-electron chi connectivity index (χ4n) is 0.794. The fourth-order valence-corrected chi connectivity index (χ4v) is 0.794. The molecule has 11 heavy (non-hydrogen) atoms. The van der Waals surface area contributed by atoms with E-state index in [0.29, 0.717) is 5.84 Å². The zero-order valence-corrected chi connectivity index (χ0v) is 6.41. The average molecular weight is 149 g/mol. The molecule has 0 spiro atoms. The number of nitrogens with one attached hydrogen (secondary N) is 1. The molecule has 1 rings (SSSR count). The summed E-state index contributed by atoms with van der Waals surface area (Å²) in [5.41, 5.74) is 9.15. The minimum atomic E-state index is 0.508. The Hall–Kier alpha value is -1.51. The number of nitrogens with two attached hydrogens (primary N) is 1. The Morgan fingerprint density at radius 1 is 1.36 bits per heavy atom. The maximum atomic E-state index is 5.59. The van der Waals surface area contributed by atoms with E-state index in [1.807, 2.05) is 30.3 Å². The van der Waals surface area contributed by atoms with Crippen molar-refractivity contribution >= 4 is 5.84 Å². The molecule has 0 saturated carbocycles. The highest BCUT2D eigenvalue weighted by atomic mass is 15.3. The van der Waals surface area contributed by atoms with Crippen molar-refractivity contribution < 1.29 is 0 Å². The molecule has 3 nitrogen and oxygen atoms in total. The molecular weight excluding hydrogens is 138 g/mol. The third-order valence-electron chi connectivity index (χ3n) is 1.30. The molecule has 1 aromatic rings. The molecule has 0 atom stereocenters. The number of hydrogen-bond donors (Lipinski definition) is 2. The van der Waals surface area contributed by atoms with Crippen LogP contribution in [0.15, 0.2) is 35.4 Å². The molecule has 0 radical (unpaired) electrons. The third kappa shape index (κ3) is 1.97. The molecule has 58 valence electrons. The van der Waals surface area contributed by atoms with Gasteiger partial charge in [-0.1, -0.05) is 30.3 Å². The highest BCUT2D eigenvalue weighted by molar-refractivity contribution is 5.97. The second kappa shape index (κ2) is 3.61. The van der Waals surface area contributed by atoms with Crippen molar-refractivity contribution in [2.24, 2.45) is 10.8 Å². The van der Waals surface area contributed by atoms with Gasteiger partial charge in [0.1, 0.15) is 0 Å². The normalized spacial score (nSPS) is 11.2. The van der Waals surface area contributed by atoms with Gasteiger partial charge in [0, 0.05) is 12.6 Å². The van der Waals surface area contributed by atoms with Crippen molar-refractivity contribution in [1.29, 1.82) is 0 Å². The van der Waals surface area contributed by atoms with Crippen LogP contribution >= 0.6 is 0 Å². The minimum absolute atomic E-state index is 0.508. The molecule has 0 heterocycles. The lowest BCUT2D eigenvalue weighted by Gasteiger charge is -1.97. The average Bonchev–Trinajstić information content (AvgIpc) is 2.07. The summed E-state index contributed by atoms with van der Waals surface area (Å²) < 4.78 is 0. The Morgan fingerprint density at radius 2 is 2.00 bits per heavy atom. The van der Waals surface area contributed by atoms with Crippen molar-refractivity contribution in [1.82, 2.24) is 5.43 Å². The van der Waals surface area contributed by atoms with Crippen LogP contribution in [0.4, 0.5) is 0 Å². The van der Waals surface area contributed by atoms with E-state index in [2.05, 4.69) is 10.5 Å². The van der Waals surface area contributed by atoms with E-state index in [4.69, 9.17) is 5.73 Å². The van der Waals surface area contributed by atoms with Crippen LogP contribution in [0.2, 0.25) is 0 Å². The van der Waals surface area contributed by atoms with Gasteiger partial charge in [-0.3, -0.25) is 0 Å². The predicted molar refractivity (Wildman–Crippen MR) is 46.2 cm³/mol. The monoisotopic (exact) mass is 149 g/mol. The Morgan fingerprint density at radius 3 is 2.55 bits per heavy atom. The molecule has 0 aliphatic rings. The first kappa shape index (κ1) is 7.60. The van der Waals surface area contributed by atoms with E-state index in [0.717, 1.165) is 5.56 Å². The fraction of sp³-hybridized carbons (Fsp3) is 0.125. The Labute approximate surface area is 65.9 Å². The van der Waals surface area contributed by atoms with Gasteiger partial charge in [0.15, 0.2) is 5.84 Å². The third-order valence-corrected chi connectivity index (χ3v) is 1.30. The van der Waals surface area contributed by atoms with Crippen molar-refractivity contribution in [2.75, 3.05) is 7.05 Å². The second-order valence-electron chi connectivity index (χ2n) is 2.09. The zero-order valence-electron chi connectivity index (χ0n) is 6.41. The molecular formula is C8H11N3. The first-order chi connectivity index (χ1) is 5.34. The molecule has 3 heteroatoms. The SMILES string of the molecule is CN/N=C(\N)c1ccccc1. The molecule has 0 fully saturated rings. The van der Waals surface area contributed by atoms with Crippen LogP contribution in [0.3, 0.4) is 0 Å². The summed E-state index contributed by atoms with van der Waals surface area (Å²) >= 11 is 0. The summed E-state index contributed by atoms with van der Waals surface area (Å²) in [5.74, 6) is 0.508. The minimum Gasteiger partial charge on any atom is -0.382 e. The highest BCUT2D eigenvalue weighted by Crippen LogP contribution is 1.96. The van der Waals surface area contributed by atoms with Crippen molar-refractivity contribution in [3.8, 4) is 0 Å². The molecule has 0 amide bonds. The Balaban J connectivity index is 2.85. The molecule has 1 aromatic carbocycles. The first-order valence-electron chi connectivity index (χ1n) is 3.40. The van der Waals surface area contributed by atoms with Gasteiger partial charge >= 0.3 is 0 Å². The predicted octanol–water partition coefficient (Wildman–Crippen LogP) is 0.526. The quantitative estimate of drug-likeness (QED) is 0.366. The number of nitrogens with zero attached hydrogens (tertiary/aromatic N) is 1. The summed E-state index contributed by atoms with van der Waals surface area (Å²) in [5, 5.41) is 3.84. The second-order valence-corrected chi connectivity index (χ2v) is 2.09. The summed E-state index contributed by atoms with van der Waals surface area (Å²) in [4.78, 5) is 0. The lowest BCUT2D eigenvalue weighted by molar-refractivity contribution is 0.898. The standard InChI is InChI=1S/C8H11N3/c1-10-11-8(9)7-5-3-2-4-6-7/h2-6,10H,1H3,(H2,9,11). The molecule has 0 bridgehead atoms. The largest absolute Gasteiger partial charge is 0.382 e. The summed E-state index contributed by atoms with van der Waals surface area (Å²) in [7, 11) is 1.72. The number of benzene rings is 1. The van der Waals surface area contributed by atoms with Crippen LogP contribution in [0.1, 0.15) is 5.56 Å². The van der Waals surface area contributed by atoms with Gasteiger partial charge in [0.25, 0.3) is 0 Å². The van der Waals surface area contributed by atoms with Crippen LogP contribution in [0, 0.1) is 0 Å². The van der Waals surface area contributed by atoms with Crippen LogP contribution < -0.4 is 11.2 Å². The van der Waals surface area contributed by atoms with Gasteiger partial charge in [-0.05, 0) is 0 Å². The molecule has 0 aromatic heterocycles. The Bertz CT molecular complexity index is 241. The van der Waals surface area contributed by atoms with Crippen molar-refractivity contribution in [3.63, 3.8) is 0 Å². The summed E-state index contributed by atoms with van der Waals surface area (Å²) in [6, 6.07) is 9.61. The number of rotatable bonds is 2. The summed E-state index contributed by atoms with van der Waals surface area (Å²) in [6.45, 7) is 0. The maximum Gasteiger partial charge on any atom is 0.150 e. The topological polar surface area (TPSA) is 50.4 Å². The highest BCUT2D eigenvalue weighted by Gasteiger charge is 1.93. The van der Waals surface area contributed by atoms with Gasteiger partial charge in [-0.25, -0.2) is 0 Å². The number of hydrazone groups is 1. The lowest BCUT2D eigenvalue weighted by Crippen LogP contribution is -2.16. The smallest absolute Gasteiger partial charge is 0.150 e. The first-order valence-corrected chi connectivity index (χ1v) is 3.40. The summed E-state index contributed by atoms with van der Waals surface area (Å²) in [6.07, 6.45) is 0. The van der Waals surface area contributed by atoms with E-state index in [-0.39, 0.29) is 0 Å². The molecule has 0 saturated heterocycles. The van der Waals surface area contributed by atoms with Gasteiger partial charge in [-0.15, -0.1) is 0 Å². The maximum absolute atomic E-state index is 5.59. The molecule has 0 aliphatic carbocycles. The van der Waals surface area contributed by atoms with Crippen LogP contribution in [0.5, 0.6) is 0 Å². The molecule has 3 N–H and O–H groups in total. The van der Waals surface area contributed by atoms with E-state index in [1.54, 1.807) is 7.05 Å². The Kier molecular flexibility index (Phi) is 2.49. The molecule has 0 aliphatic heterocycles. The van der Waals surface area contributed by atoms with Crippen LogP contribution in [-0.4, -0.2) is 12.9 Å². The van der Waals surface area contributed by atoms with Gasteiger partial charge in [-0.2, -0.15) is 5.10 Å². The van der Waals surface area contributed by atoms with Gasteiger partial charge in [0.2, 0.25) is 0 Å². The lowest BCUT2D eigenvalue weighted by atomic mass is 10.2. The van der Waals surface area contributed by atoms with E-state index in [1.165, 1.54) is 0 Å².